The Bertz CT molecular complexity index is 1280. The molecule has 3 aromatic carbocycles. The van der Waals surface area contributed by atoms with Crippen molar-refractivity contribution in [1.29, 1.82) is 0 Å². The largest absolute Gasteiger partial charge is 0.507 e. The quantitative estimate of drug-likeness (QED) is 0.440. The van der Waals surface area contributed by atoms with Crippen LogP contribution in [0.1, 0.15) is 30.9 Å². The van der Waals surface area contributed by atoms with Gasteiger partial charge in [-0.2, -0.15) is 0 Å². The van der Waals surface area contributed by atoms with Gasteiger partial charge in [-0.15, -0.1) is 0 Å². The molecule has 0 aliphatic carbocycles. The molecule has 7 nitrogen and oxygen atoms in total. The molecule has 174 valence electrons. The molecule has 0 fully saturated rings. The average molecular weight is 475 g/mol. The number of aromatic hydroxyl groups is 1. The highest BCUT2D eigenvalue weighted by molar-refractivity contribution is 7.91. The van der Waals surface area contributed by atoms with Crippen molar-refractivity contribution in [3.8, 4) is 23.0 Å². The predicted molar refractivity (Wildman–Crippen MR) is 118 cm³/mol. The summed E-state index contributed by atoms with van der Waals surface area (Å²) in [5, 5.41) is 19.1. The lowest BCUT2D eigenvalue weighted by Crippen LogP contribution is -2.10. The standard InChI is InChI=1S/C24H23FO7S/c1-14(2)20-11-18(31-13-23(27)28)10-15(3)24(20)32-17-6-9-21(26)22(12-17)33(29,30)19-7-4-16(25)5-8-19/h4-12,14,26H,13H2,1-3H3,(H,27,28). The normalized spacial score (nSPS) is 11.4. The molecule has 0 atom stereocenters. The van der Waals surface area contributed by atoms with Gasteiger partial charge in [0.25, 0.3) is 0 Å². The van der Waals surface area contributed by atoms with E-state index in [-0.39, 0.29) is 21.5 Å². The molecule has 2 N–H and O–H groups in total. The van der Waals surface area contributed by atoms with Gasteiger partial charge in [0.1, 0.15) is 33.7 Å². The lowest BCUT2D eigenvalue weighted by Gasteiger charge is -2.19. The lowest BCUT2D eigenvalue weighted by atomic mass is 9.99. The predicted octanol–water partition coefficient (Wildman–Crippen LogP) is 5.05. The summed E-state index contributed by atoms with van der Waals surface area (Å²) in [7, 11) is -4.13. The smallest absolute Gasteiger partial charge is 0.341 e. The molecule has 3 rings (SSSR count). The molecule has 0 saturated carbocycles. The zero-order valence-corrected chi connectivity index (χ0v) is 19.0. The molecule has 33 heavy (non-hydrogen) atoms. The van der Waals surface area contributed by atoms with Crippen LogP contribution in [-0.2, 0) is 14.6 Å². The molecule has 0 heterocycles. The zero-order chi connectivity index (χ0) is 24.3. The number of carbonyl (C=O) groups is 1. The van der Waals surface area contributed by atoms with Crippen LogP contribution in [0.25, 0.3) is 0 Å². The lowest BCUT2D eigenvalue weighted by molar-refractivity contribution is -0.139. The third-order valence-corrected chi connectivity index (χ3v) is 6.62. The van der Waals surface area contributed by atoms with Crippen LogP contribution in [0, 0.1) is 12.7 Å². The van der Waals surface area contributed by atoms with Crippen molar-refractivity contribution in [2.75, 3.05) is 6.61 Å². The number of benzene rings is 3. The van der Waals surface area contributed by atoms with E-state index in [1.807, 2.05) is 13.8 Å². The third-order valence-electron chi connectivity index (χ3n) is 4.83. The van der Waals surface area contributed by atoms with Crippen LogP contribution in [0.4, 0.5) is 4.39 Å². The van der Waals surface area contributed by atoms with Crippen molar-refractivity contribution in [3.05, 3.63) is 71.5 Å². The second kappa shape index (κ2) is 9.50. The monoisotopic (exact) mass is 474 g/mol. The Hall–Kier alpha value is -3.59. The Morgan fingerprint density at radius 1 is 1.03 bits per heavy atom. The average Bonchev–Trinajstić information content (AvgIpc) is 2.75. The molecule has 0 amide bonds. The summed E-state index contributed by atoms with van der Waals surface area (Å²) in [6, 6.07) is 11.4. The number of hydrogen-bond donors (Lipinski definition) is 2. The van der Waals surface area contributed by atoms with Crippen LogP contribution < -0.4 is 9.47 Å². The highest BCUT2D eigenvalue weighted by Crippen LogP contribution is 2.39. The maximum atomic E-state index is 13.2. The fraction of sp³-hybridized carbons (Fsp3) is 0.208. The van der Waals surface area contributed by atoms with Crippen LogP contribution in [0.3, 0.4) is 0 Å². The zero-order valence-electron chi connectivity index (χ0n) is 18.2. The van der Waals surface area contributed by atoms with Crippen LogP contribution in [-0.4, -0.2) is 31.2 Å². The summed E-state index contributed by atoms with van der Waals surface area (Å²) >= 11 is 0. The summed E-state index contributed by atoms with van der Waals surface area (Å²) in [6.45, 7) is 5.11. The van der Waals surface area contributed by atoms with Crippen molar-refractivity contribution in [2.45, 2.75) is 36.5 Å². The molecule has 0 radical (unpaired) electrons. The van der Waals surface area contributed by atoms with E-state index < -0.39 is 34.0 Å². The van der Waals surface area contributed by atoms with E-state index in [0.29, 0.717) is 17.1 Å². The topological polar surface area (TPSA) is 110 Å². The Labute approximate surface area is 191 Å². The van der Waals surface area contributed by atoms with E-state index in [4.69, 9.17) is 14.6 Å². The summed E-state index contributed by atoms with van der Waals surface area (Å²) in [6.07, 6.45) is 0. The van der Waals surface area contributed by atoms with Gasteiger partial charge in [0, 0.05) is 11.6 Å². The van der Waals surface area contributed by atoms with Gasteiger partial charge in [-0.25, -0.2) is 17.6 Å². The van der Waals surface area contributed by atoms with E-state index in [2.05, 4.69) is 0 Å². The summed E-state index contributed by atoms with van der Waals surface area (Å²) in [5.74, 6) is -1.17. The summed E-state index contributed by atoms with van der Waals surface area (Å²) in [5.41, 5.74) is 1.38. The maximum absolute atomic E-state index is 13.2. The van der Waals surface area contributed by atoms with Gasteiger partial charge >= 0.3 is 5.97 Å². The van der Waals surface area contributed by atoms with Crippen LogP contribution in [0.15, 0.2) is 64.4 Å². The van der Waals surface area contributed by atoms with Gasteiger partial charge in [0.15, 0.2) is 6.61 Å². The first kappa shape index (κ1) is 24.1. The number of ether oxygens (including phenoxy) is 2. The third kappa shape index (κ3) is 5.43. The van der Waals surface area contributed by atoms with Crippen molar-refractivity contribution in [1.82, 2.24) is 0 Å². The molecule has 0 aromatic heterocycles. The summed E-state index contributed by atoms with van der Waals surface area (Å²) in [4.78, 5) is 10.3. The van der Waals surface area contributed by atoms with E-state index in [0.717, 1.165) is 29.8 Å². The molecular formula is C24H23FO7S. The molecule has 3 aromatic rings. The SMILES string of the molecule is Cc1cc(OCC(=O)O)cc(C(C)C)c1Oc1ccc(O)c(S(=O)(=O)c2ccc(F)cc2)c1. The highest BCUT2D eigenvalue weighted by Gasteiger charge is 2.23. The van der Waals surface area contributed by atoms with Gasteiger partial charge in [-0.1, -0.05) is 13.8 Å². The Morgan fingerprint density at radius 3 is 2.30 bits per heavy atom. The van der Waals surface area contributed by atoms with E-state index in [1.165, 1.54) is 18.2 Å². The van der Waals surface area contributed by atoms with Crippen molar-refractivity contribution >= 4 is 15.8 Å². The van der Waals surface area contributed by atoms with Gasteiger partial charge in [-0.3, -0.25) is 0 Å². The molecule has 0 saturated heterocycles. The second-order valence-corrected chi connectivity index (χ2v) is 9.60. The fourth-order valence-electron chi connectivity index (χ4n) is 3.20. The molecule has 0 spiro atoms. The molecule has 0 aliphatic rings. The van der Waals surface area contributed by atoms with Gasteiger partial charge in [0.05, 0.1) is 4.90 Å². The molecule has 0 bridgehead atoms. The minimum atomic E-state index is -4.13. The first-order valence-electron chi connectivity index (χ1n) is 9.99. The molecular weight excluding hydrogens is 451 g/mol. The first-order chi connectivity index (χ1) is 15.5. The number of phenols is 1. The minimum Gasteiger partial charge on any atom is -0.507 e. The number of halogens is 1. The highest BCUT2D eigenvalue weighted by atomic mass is 32.2. The minimum absolute atomic E-state index is 0.0217. The van der Waals surface area contributed by atoms with Crippen molar-refractivity contribution in [2.24, 2.45) is 0 Å². The molecule has 0 unspecified atom stereocenters. The Morgan fingerprint density at radius 2 is 1.70 bits per heavy atom. The van der Waals surface area contributed by atoms with Crippen LogP contribution >= 0.6 is 0 Å². The molecule has 9 heteroatoms. The van der Waals surface area contributed by atoms with Crippen LogP contribution in [0.2, 0.25) is 0 Å². The van der Waals surface area contributed by atoms with Gasteiger partial charge in [-0.05, 0) is 66.9 Å². The van der Waals surface area contributed by atoms with E-state index >= 15 is 0 Å². The number of carboxylic acid groups (broad SMARTS) is 1. The molecule has 0 aliphatic heterocycles. The number of aliphatic carboxylic acids is 1. The number of phenolic OH excluding ortho intramolecular Hbond substituents is 1. The number of aryl methyl sites for hydroxylation is 1. The van der Waals surface area contributed by atoms with Crippen molar-refractivity contribution in [3.63, 3.8) is 0 Å². The van der Waals surface area contributed by atoms with Crippen LogP contribution in [0.5, 0.6) is 23.0 Å². The number of hydrogen-bond acceptors (Lipinski definition) is 6. The number of carboxylic acids is 1. The fourth-order valence-corrected chi connectivity index (χ4v) is 4.56. The van der Waals surface area contributed by atoms with E-state index in [1.54, 1.807) is 19.1 Å². The van der Waals surface area contributed by atoms with E-state index in [9.17, 15) is 22.7 Å². The number of rotatable bonds is 8. The van der Waals surface area contributed by atoms with Gasteiger partial charge < -0.3 is 19.7 Å². The Kier molecular flexibility index (Phi) is 6.92. The number of sulfone groups is 1. The second-order valence-electron chi connectivity index (χ2n) is 7.68. The van der Waals surface area contributed by atoms with Gasteiger partial charge in [0.2, 0.25) is 9.84 Å². The first-order valence-corrected chi connectivity index (χ1v) is 11.5. The summed E-state index contributed by atoms with van der Waals surface area (Å²) < 4.78 is 50.5. The Balaban J connectivity index is 2.01. The maximum Gasteiger partial charge on any atom is 0.341 e. The van der Waals surface area contributed by atoms with Crippen molar-refractivity contribution < 1.29 is 37.3 Å².